The van der Waals surface area contributed by atoms with Crippen LogP contribution in [0.5, 0.6) is 0 Å². The average molecular weight is 200 g/mol. The number of hydrogen-bond donors (Lipinski definition) is 2. The van der Waals surface area contributed by atoms with Gasteiger partial charge < -0.3 is 10.4 Å². The van der Waals surface area contributed by atoms with Gasteiger partial charge in [0.1, 0.15) is 6.04 Å². The Morgan fingerprint density at radius 3 is 2.42 bits per heavy atom. The first kappa shape index (κ1) is 11.3. The number of carboxylic acid groups (broad SMARTS) is 1. The van der Waals surface area contributed by atoms with E-state index in [0.29, 0.717) is 0 Å². The number of rotatable bonds is 1. The molecule has 0 aliphatic carbocycles. The molecule has 1 saturated heterocycles. The van der Waals surface area contributed by atoms with Gasteiger partial charge in [-0.25, -0.2) is 0 Å². The topological polar surface area (TPSA) is 49.3 Å². The highest BCUT2D eigenvalue weighted by molar-refractivity contribution is 5.85. The molecule has 70 valence electrons. The first-order valence-corrected chi connectivity index (χ1v) is 3.10. The summed E-state index contributed by atoms with van der Waals surface area (Å²) in [5, 5.41) is 10.8. The molecule has 12 heavy (non-hydrogen) atoms. The van der Waals surface area contributed by atoms with Crippen LogP contribution in [0.15, 0.2) is 11.7 Å². The Kier molecular flexibility index (Phi) is 4.12. The van der Waals surface area contributed by atoms with E-state index in [-0.39, 0.29) is 30.9 Å². The van der Waals surface area contributed by atoms with E-state index in [0.717, 1.165) is 0 Å². The SMILES string of the molecule is Cl.O=C(O)C1CC(=C(F)F)CN1. The van der Waals surface area contributed by atoms with Crippen LogP contribution in [0, 0.1) is 0 Å². The highest BCUT2D eigenvalue weighted by Crippen LogP contribution is 2.18. The third-order valence-corrected chi connectivity index (χ3v) is 1.58. The molecule has 0 aromatic carbocycles. The van der Waals surface area contributed by atoms with Crippen LogP contribution < -0.4 is 5.32 Å². The van der Waals surface area contributed by atoms with Gasteiger partial charge in [0, 0.05) is 18.5 Å². The number of aliphatic carboxylic acids is 1. The van der Waals surface area contributed by atoms with Crippen molar-refractivity contribution in [2.75, 3.05) is 6.54 Å². The first-order valence-electron chi connectivity index (χ1n) is 3.10. The summed E-state index contributed by atoms with van der Waals surface area (Å²) >= 11 is 0. The first-order chi connectivity index (χ1) is 5.11. The molecule has 1 aliphatic heterocycles. The van der Waals surface area contributed by atoms with Crippen LogP contribution in [0.1, 0.15) is 6.42 Å². The molecule has 1 atom stereocenters. The Labute approximate surface area is 73.9 Å². The lowest BCUT2D eigenvalue weighted by molar-refractivity contribution is -0.138. The van der Waals surface area contributed by atoms with E-state index in [1.54, 1.807) is 0 Å². The molecule has 1 aliphatic rings. The number of nitrogens with one attached hydrogen (secondary N) is 1. The van der Waals surface area contributed by atoms with E-state index in [2.05, 4.69) is 5.32 Å². The standard InChI is InChI=1S/C6H7F2NO2.ClH/c7-5(8)3-1-4(6(10)11)9-2-3;/h4,9H,1-2H2,(H,10,11);1H. The van der Waals surface area contributed by atoms with Crippen LogP contribution in [0.3, 0.4) is 0 Å². The largest absolute Gasteiger partial charge is 0.480 e. The molecule has 0 saturated carbocycles. The zero-order chi connectivity index (χ0) is 8.43. The number of hydrogen-bond acceptors (Lipinski definition) is 2. The van der Waals surface area contributed by atoms with Crippen molar-refractivity contribution in [3.63, 3.8) is 0 Å². The third-order valence-electron chi connectivity index (χ3n) is 1.58. The molecular weight excluding hydrogens is 192 g/mol. The van der Waals surface area contributed by atoms with Crippen molar-refractivity contribution in [1.29, 1.82) is 0 Å². The van der Waals surface area contributed by atoms with Gasteiger partial charge in [0.05, 0.1) is 0 Å². The molecule has 0 aromatic heterocycles. The second-order valence-corrected chi connectivity index (χ2v) is 2.34. The summed E-state index contributed by atoms with van der Waals surface area (Å²) < 4.78 is 23.6. The third kappa shape index (κ3) is 2.42. The lowest BCUT2D eigenvalue weighted by Crippen LogP contribution is -2.29. The van der Waals surface area contributed by atoms with Gasteiger partial charge in [0.25, 0.3) is 6.08 Å². The maximum atomic E-state index is 11.8. The zero-order valence-corrected chi connectivity index (χ0v) is 6.83. The molecule has 1 fully saturated rings. The van der Waals surface area contributed by atoms with Crippen molar-refractivity contribution in [1.82, 2.24) is 5.32 Å². The van der Waals surface area contributed by atoms with Crippen LogP contribution >= 0.6 is 12.4 Å². The van der Waals surface area contributed by atoms with Gasteiger partial charge in [-0.3, -0.25) is 4.79 Å². The molecule has 0 spiro atoms. The molecule has 0 radical (unpaired) electrons. The highest BCUT2D eigenvalue weighted by atomic mass is 35.5. The van der Waals surface area contributed by atoms with Crippen molar-refractivity contribution < 1.29 is 18.7 Å². The van der Waals surface area contributed by atoms with Crippen molar-refractivity contribution in [3.8, 4) is 0 Å². The van der Waals surface area contributed by atoms with Gasteiger partial charge >= 0.3 is 5.97 Å². The minimum Gasteiger partial charge on any atom is -0.480 e. The Hall–Kier alpha value is -0.680. The Morgan fingerprint density at radius 2 is 2.17 bits per heavy atom. The molecule has 0 aromatic rings. The summed E-state index contributed by atoms with van der Waals surface area (Å²) in [5.74, 6) is -1.08. The normalized spacial score (nSPS) is 21.8. The average Bonchev–Trinajstić information content (AvgIpc) is 2.33. The summed E-state index contributed by atoms with van der Waals surface area (Å²) in [5.41, 5.74) is -0.0996. The molecule has 6 heteroatoms. The van der Waals surface area contributed by atoms with E-state index in [1.807, 2.05) is 0 Å². The Morgan fingerprint density at radius 1 is 1.58 bits per heavy atom. The fourth-order valence-corrected chi connectivity index (χ4v) is 0.956. The van der Waals surface area contributed by atoms with Gasteiger partial charge in [0.2, 0.25) is 0 Å². The van der Waals surface area contributed by atoms with E-state index >= 15 is 0 Å². The molecular formula is C6H8ClF2NO2. The molecule has 2 N–H and O–H groups in total. The van der Waals surface area contributed by atoms with Crippen molar-refractivity contribution in [2.24, 2.45) is 0 Å². The quantitative estimate of drug-likeness (QED) is 0.663. The maximum Gasteiger partial charge on any atom is 0.321 e. The predicted molar refractivity (Wildman–Crippen MR) is 40.5 cm³/mol. The van der Waals surface area contributed by atoms with Crippen LogP contribution in [0.25, 0.3) is 0 Å². The lowest BCUT2D eigenvalue weighted by Gasteiger charge is -1.99. The van der Waals surface area contributed by atoms with Gasteiger partial charge in [0.15, 0.2) is 0 Å². The predicted octanol–water partition coefficient (Wildman–Crippen LogP) is 1.01. The smallest absolute Gasteiger partial charge is 0.321 e. The van der Waals surface area contributed by atoms with Gasteiger partial charge in [-0.1, -0.05) is 0 Å². The van der Waals surface area contributed by atoms with Crippen molar-refractivity contribution >= 4 is 18.4 Å². The Bertz CT molecular complexity index is 216. The molecule has 0 amide bonds. The zero-order valence-electron chi connectivity index (χ0n) is 6.01. The summed E-state index contributed by atoms with van der Waals surface area (Å²) in [6, 6.07) is -0.841. The fraction of sp³-hybridized carbons (Fsp3) is 0.500. The Balaban J connectivity index is 0.00000121. The molecule has 0 bridgehead atoms. The van der Waals surface area contributed by atoms with Crippen LogP contribution in [-0.4, -0.2) is 23.7 Å². The molecule has 1 unspecified atom stereocenters. The number of carboxylic acids is 1. The summed E-state index contributed by atoms with van der Waals surface area (Å²) in [4.78, 5) is 10.2. The van der Waals surface area contributed by atoms with Crippen molar-refractivity contribution in [2.45, 2.75) is 12.5 Å². The second kappa shape index (κ2) is 4.37. The van der Waals surface area contributed by atoms with E-state index in [4.69, 9.17) is 5.11 Å². The van der Waals surface area contributed by atoms with E-state index in [1.165, 1.54) is 0 Å². The minimum atomic E-state index is -1.76. The monoisotopic (exact) mass is 199 g/mol. The second-order valence-electron chi connectivity index (χ2n) is 2.34. The van der Waals surface area contributed by atoms with Crippen LogP contribution in [0.2, 0.25) is 0 Å². The molecule has 1 heterocycles. The highest BCUT2D eigenvalue weighted by Gasteiger charge is 2.27. The molecule has 3 nitrogen and oxygen atoms in total. The number of carbonyl (C=O) groups is 1. The maximum absolute atomic E-state index is 11.8. The lowest BCUT2D eigenvalue weighted by atomic mass is 10.2. The summed E-state index contributed by atoms with van der Waals surface area (Å²) in [6.45, 7) is -0.0146. The van der Waals surface area contributed by atoms with E-state index in [9.17, 15) is 13.6 Å². The number of halogens is 3. The summed E-state index contributed by atoms with van der Waals surface area (Å²) in [6.07, 6.45) is -1.85. The van der Waals surface area contributed by atoms with E-state index < -0.39 is 18.1 Å². The minimum absolute atomic E-state index is 0. The van der Waals surface area contributed by atoms with Gasteiger partial charge in [-0.2, -0.15) is 8.78 Å². The fourth-order valence-electron chi connectivity index (χ4n) is 0.956. The van der Waals surface area contributed by atoms with Gasteiger partial charge in [-0.15, -0.1) is 12.4 Å². The van der Waals surface area contributed by atoms with Gasteiger partial charge in [-0.05, 0) is 0 Å². The summed E-state index contributed by atoms with van der Waals surface area (Å²) in [7, 11) is 0. The van der Waals surface area contributed by atoms with Crippen molar-refractivity contribution in [3.05, 3.63) is 11.7 Å². The molecule has 1 rings (SSSR count). The van der Waals surface area contributed by atoms with Crippen LogP contribution in [0.4, 0.5) is 8.78 Å². The van der Waals surface area contributed by atoms with Crippen LogP contribution in [-0.2, 0) is 4.79 Å².